The highest BCUT2D eigenvalue weighted by Gasteiger charge is 2.36. The van der Waals surface area contributed by atoms with Crippen LogP contribution in [0.2, 0.25) is 5.02 Å². The van der Waals surface area contributed by atoms with E-state index in [1.807, 2.05) is 0 Å². The fourth-order valence-corrected chi connectivity index (χ4v) is 4.20. The minimum absolute atomic E-state index is 0.163. The van der Waals surface area contributed by atoms with Gasteiger partial charge in [-0.2, -0.15) is 0 Å². The predicted octanol–water partition coefficient (Wildman–Crippen LogP) is 4.72. The lowest BCUT2D eigenvalue weighted by molar-refractivity contribution is -0.146. The fraction of sp³-hybridized carbons (Fsp3) is 0.182. The van der Waals surface area contributed by atoms with Crippen molar-refractivity contribution in [2.24, 2.45) is 0 Å². The summed E-state index contributed by atoms with van der Waals surface area (Å²) in [5.74, 6) is -1.13. The minimum Gasteiger partial charge on any atom is -0.483 e. The van der Waals surface area contributed by atoms with Crippen LogP contribution in [0.3, 0.4) is 0 Å². The highest BCUT2D eigenvalue weighted by Crippen LogP contribution is 2.33. The van der Waals surface area contributed by atoms with Gasteiger partial charge in [-0.1, -0.05) is 17.7 Å². The van der Waals surface area contributed by atoms with E-state index in [0.717, 1.165) is 16.7 Å². The van der Waals surface area contributed by atoms with Crippen LogP contribution in [0.1, 0.15) is 12.5 Å². The van der Waals surface area contributed by atoms with Crippen LogP contribution in [0, 0.1) is 0 Å². The van der Waals surface area contributed by atoms with E-state index in [-0.39, 0.29) is 24.0 Å². The van der Waals surface area contributed by atoms with E-state index in [2.05, 4.69) is 21.2 Å². The number of esters is 1. The highest BCUT2D eigenvalue weighted by atomic mass is 79.9. The number of halogens is 2. The van der Waals surface area contributed by atoms with Crippen LogP contribution in [0.15, 0.2) is 51.8 Å². The molecule has 0 aliphatic carbocycles. The largest absolute Gasteiger partial charge is 0.483 e. The molecular weight excluding hydrogens is 536 g/mol. The van der Waals surface area contributed by atoms with Crippen molar-refractivity contribution in [3.8, 4) is 5.75 Å². The number of ether oxygens (including phenoxy) is 2. The molecule has 11 heteroatoms. The van der Waals surface area contributed by atoms with Gasteiger partial charge in [-0.15, -0.1) is 0 Å². The predicted molar refractivity (Wildman–Crippen MR) is 129 cm³/mol. The molecule has 0 saturated carbocycles. The Morgan fingerprint density at radius 3 is 2.58 bits per heavy atom. The number of hydrogen-bond donors (Lipinski definition) is 1. The van der Waals surface area contributed by atoms with Crippen LogP contribution in [0.5, 0.6) is 5.75 Å². The Bertz CT molecular complexity index is 1120. The van der Waals surface area contributed by atoms with Crippen molar-refractivity contribution in [1.29, 1.82) is 0 Å². The van der Waals surface area contributed by atoms with Crippen molar-refractivity contribution < 1.29 is 28.7 Å². The van der Waals surface area contributed by atoms with Crippen LogP contribution in [-0.2, 0) is 19.1 Å². The SMILES string of the molecule is CCOC(=O)CN1C(=O)S/C(=C\c2ccc(OCC(=O)Nc3ccc(Cl)cc3)c(Br)c2)C1=O. The zero-order valence-electron chi connectivity index (χ0n) is 17.3. The second kappa shape index (κ2) is 11.4. The first-order valence-corrected chi connectivity index (χ1v) is 11.6. The van der Waals surface area contributed by atoms with E-state index >= 15 is 0 Å². The van der Waals surface area contributed by atoms with Gasteiger partial charge in [0.2, 0.25) is 0 Å². The van der Waals surface area contributed by atoms with Gasteiger partial charge in [-0.3, -0.25) is 24.1 Å². The smallest absolute Gasteiger partial charge is 0.326 e. The molecule has 3 rings (SSSR count). The van der Waals surface area contributed by atoms with Crippen molar-refractivity contribution in [1.82, 2.24) is 4.90 Å². The molecule has 0 aromatic heterocycles. The third-order valence-corrected chi connectivity index (χ3v) is 5.99. The van der Waals surface area contributed by atoms with Gasteiger partial charge in [0, 0.05) is 10.7 Å². The number of anilines is 1. The first kappa shape index (κ1) is 24.8. The van der Waals surface area contributed by atoms with Gasteiger partial charge in [0.15, 0.2) is 6.61 Å². The number of nitrogens with one attached hydrogen (secondary N) is 1. The molecule has 2 aromatic carbocycles. The summed E-state index contributed by atoms with van der Waals surface area (Å²) in [4.78, 5) is 49.3. The van der Waals surface area contributed by atoms with Crippen molar-refractivity contribution >= 4 is 74.1 Å². The Labute approximate surface area is 207 Å². The van der Waals surface area contributed by atoms with E-state index in [1.54, 1.807) is 49.4 Å². The quantitative estimate of drug-likeness (QED) is 0.373. The number of carbonyl (C=O) groups is 4. The first-order chi connectivity index (χ1) is 15.8. The van der Waals surface area contributed by atoms with Crippen LogP contribution < -0.4 is 10.1 Å². The zero-order chi connectivity index (χ0) is 24.0. The van der Waals surface area contributed by atoms with Gasteiger partial charge in [-0.05, 0) is 82.7 Å². The molecule has 1 N–H and O–H groups in total. The molecular formula is C22H18BrClN2O6S. The summed E-state index contributed by atoms with van der Waals surface area (Å²) < 4.78 is 10.9. The maximum atomic E-state index is 12.5. The molecule has 0 unspecified atom stereocenters. The molecule has 1 aliphatic rings. The topological polar surface area (TPSA) is 102 Å². The Hall–Kier alpha value is -2.82. The van der Waals surface area contributed by atoms with Crippen molar-refractivity contribution in [3.63, 3.8) is 0 Å². The maximum Gasteiger partial charge on any atom is 0.326 e. The number of carbonyl (C=O) groups excluding carboxylic acids is 4. The van der Waals surface area contributed by atoms with Gasteiger partial charge < -0.3 is 14.8 Å². The number of benzene rings is 2. The third-order valence-electron chi connectivity index (χ3n) is 4.21. The third kappa shape index (κ3) is 6.83. The second-order valence-electron chi connectivity index (χ2n) is 6.61. The summed E-state index contributed by atoms with van der Waals surface area (Å²) in [6.45, 7) is 1.16. The normalized spacial score (nSPS) is 14.5. The number of hydrogen-bond acceptors (Lipinski definition) is 7. The molecule has 33 heavy (non-hydrogen) atoms. The molecule has 0 spiro atoms. The number of amides is 3. The average molecular weight is 554 g/mol. The summed E-state index contributed by atoms with van der Waals surface area (Å²) in [5.41, 5.74) is 1.22. The lowest BCUT2D eigenvalue weighted by atomic mass is 10.2. The van der Waals surface area contributed by atoms with Crippen LogP contribution in [0.25, 0.3) is 6.08 Å². The Balaban J connectivity index is 1.60. The van der Waals surface area contributed by atoms with E-state index in [1.165, 1.54) is 6.08 Å². The molecule has 1 heterocycles. The molecule has 2 aromatic rings. The van der Waals surface area contributed by atoms with E-state index in [4.69, 9.17) is 21.1 Å². The van der Waals surface area contributed by atoms with Crippen molar-refractivity contribution in [2.75, 3.05) is 25.1 Å². The zero-order valence-corrected chi connectivity index (χ0v) is 20.5. The summed E-state index contributed by atoms with van der Waals surface area (Å²) in [6, 6.07) is 11.7. The summed E-state index contributed by atoms with van der Waals surface area (Å²) in [5, 5.41) is 2.73. The highest BCUT2D eigenvalue weighted by molar-refractivity contribution is 9.10. The Morgan fingerprint density at radius 2 is 1.91 bits per heavy atom. The van der Waals surface area contributed by atoms with Gasteiger partial charge >= 0.3 is 5.97 Å². The number of imide groups is 1. The van der Waals surface area contributed by atoms with Crippen LogP contribution in [0.4, 0.5) is 10.5 Å². The van der Waals surface area contributed by atoms with Crippen LogP contribution in [-0.4, -0.2) is 47.7 Å². The van der Waals surface area contributed by atoms with Gasteiger partial charge in [-0.25, -0.2) is 0 Å². The van der Waals surface area contributed by atoms with E-state index in [0.29, 0.717) is 26.5 Å². The van der Waals surface area contributed by atoms with Crippen LogP contribution >= 0.6 is 39.3 Å². The van der Waals surface area contributed by atoms with E-state index < -0.39 is 23.7 Å². The fourth-order valence-electron chi connectivity index (χ4n) is 2.72. The first-order valence-electron chi connectivity index (χ1n) is 9.65. The Kier molecular flexibility index (Phi) is 8.54. The molecule has 1 aliphatic heterocycles. The molecule has 8 nitrogen and oxygen atoms in total. The summed E-state index contributed by atoms with van der Waals surface area (Å²) >= 11 is 9.95. The molecule has 0 atom stereocenters. The standard InChI is InChI=1S/C22H18BrClN2O6S/c1-2-31-20(28)11-26-21(29)18(33-22(26)30)10-13-3-8-17(16(23)9-13)32-12-19(27)25-15-6-4-14(24)5-7-15/h3-10H,2,11-12H2,1H3,(H,25,27)/b18-10-. The second-order valence-corrected chi connectivity index (χ2v) is 8.89. The molecule has 3 amide bonds. The molecule has 1 saturated heterocycles. The monoisotopic (exact) mass is 552 g/mol. The van der Waals surface area contributed by atoms with Crippen molar-refractivity contribution in [3.05, 3.63) is 62.4 Å². The van der Waals surface area contributed by atoms with Gasteiger partial charge in [0.25, 0.3) is 17.1 Å². The molecule has 0 bridgehead atoms. The summed E-state index contributed by atoms with van der Waals surface area (Å²) in [7, 11) is 0. The molecule has 1 fully saturated rings. The number of rotatable bonds is 8. The molecule has 0 radical (unpaired) electrons. The number of thioether (sulfide) groups is 1. The number of nitrogens with zero attached hydrogens (tertiary/aromatic N) is 1. The molecule has 172 valence electrons. The van der Waals surface area contributed by atoms with E-state index in [9.17, 15) is 19.2 Å². The minimum atomic E-state index is -0.648. The van der Waals surface area contributed by atoms with Gasteiger partial charge in [0.05, 0.1) is 16.0 Å². The maximum absolute atomic E-state index is 12.5. The lowest BCUT2D eigenvalue weighted by Crippen LogP contribution is -2.34. The van der Waals surface area contributed by atoms with Crippen molar-refractivity contribution in [2.45, 2.75) is 6.92 Å². The average Bonchev–Trinajstić information content (AvgIpc) is 3.02. The lowest BCUT2D eigenvalue weighted by Gasteiger charge is -2.11. The van der Waals surface area contributed by atoms with Gasteiger partial charge in [0.1, 0.15) is 12.3 Å². The summed E-state index contributed by atoms with van der Waals surface area (Å²) in [6.07, 6.45) is 1.54. The Morgan fingerprint density at radius 1 is 1.18 bits per heavy atom.